The summed E-state index contributed by atoms with van der Waals surface area (Å²) in [7, 11) is 0. The van der Waals surface area contributed by atoms with E-state index in [4.69, 9.17) is 28.8 Å². The Labute approximate surface area is 391 Å². The third kappa shape index (κ3) is 7.18. The Morgan fingerprint density at radius 2 is 0.515 bits per heavy atom. The highest BCUT2D eigenvalue weighted by Gasteiger charge is 2.17. The van der Waals surface area contributed by atoms with Gasteiger partial charge in [-0.3, -0.25) is 0 Å². The molecule has 0 radical (unpaired) electrons. The van der Waals surface area contributed by atoms with Crippen LogP contribution < -0.4 is 0 Å². The Morgan fingerprint density at radius 3 is 0.882 bits per heavy atom. The second-order valence-electron chi connectivity index (χ2n) is 17.0. The standard InChI is InChI=1S/C62H38N4O2/c1-5-15-39(16-6-1)53-36-54(40-17-7-2-8-18-40)64-61(63-53)47-25-13-23-43(31-47)45-27-29-49-51-35-52-50-30-28-46(34-58(50)68-60(52)38-59(51)67-57(49)33-45)44-24-14-26-48(32-44)62-65-55(41-19-9-3-10-20-41)37-56(66-62)42-21-11-4-12-22-42/h1-38H. The van der Waals surface area contributed by atoms with Crippen molar-refractivity contribution < 1.29 is 8.83 Å². The normalized spacial score (nSPS) is 11.5. The molecule has 0 amide bonds. The van der Waals surface area contributed by atoms with Gasteiger partial charge in [0.15, 0.2) is 11.6 Å². The molecule has 0 bridgehead atoms. The van der Waals surface area contributed by atoms with Crippen molar-refractivity contribution in [1.82, 2.24) is 19.9 Å². The summed E-state index contributed by atoms with van der Waals surface area (Å²) in [6, 6.07) is 79.1. The molecule has 13 aromatic rings. The first-order valence-corrected chi connectivity index (χ1v) is 22.7. The molecule has 0 N–H and O–H groups in total. The average molecular weight is 871 g/mol. The SMILES string of the molecule is c1ccc(-c2cc(-c3ccccc3)nc(-c3cccc(-c4ccc5c(c4)oc4cc6oc7cc(-c8cccc(-c9nc(-c%10ccccc%10)cc(-c%10ccccc%10)n9)c8)ccc7c6cc45)c3)n2)cc1. The molecule has 0 aliphatic heterocycles. The topological polar surface area (TPSA) is 77.8 Å². The fraction of sp³-hybridized carbons (Fsp3) is 0. The van der Waals surface area contributed by atoms with Crippen LogP contribution in [0.4, 0.5) is 0 Å². The van der Waals surface area contributed by atoms with Gasteiger partial charge in [-0.25, -0.2) is 19.9 Å². The highest BCUT2D eigenvalue weighted by atomic mass is 16.3. The summed E-state index contributed by atoms with van der Waals surface area (Å²) in [4.78, 5) is 20.3. The van der Waals surface area contributed by atoms with Crippen LogP contribution in [0.2, 0.25) is 0 Å². The highest BCUT2D eigenvalue weighted by Crippen LogP contribution is 2.40. The van der Waals surface area contributed by atoms with E-state index in [0.717, 1.165) is 122 Å². The van der Waals surface area contributed by atoms with E-state index < -0.39 is 0 Å². The summed E-state index contributed by atoms with van der Waals surface area (Å²) in [5.74, 6) is 1.34. The third-order valence-corrected chi connectivity index (χ3v) is 12.7. The Hall–Kier alpha value is -9.26. The third-order valence-electron chi connectivity index (χ3n) is 12.7. The van der Waals surface area contributed by atoms with E-state index >= 15 is 0 Å². The largest absolute Gasteiger partial charge is 0.456 e. The van der Waals surface area contributed by atoms with Crippen LogP contribution in [0.15, 0.2) is 239 Å². The smallest absolute Gasteiger partial charge is 0.160 e. The number of fused-ring (bicyclic) bond motifs is 6. The monoisotopic (exact) mass is 870 g/mol. The lowest BCUT2D eigenvalue weighted by molar-refractivity contribution is 0.656. The summed E-state index contributed by atoms with van der Waals surface area (Å²) >= 11 is 0. The fourth-order valence-corrected chi connectivity index (χ4v) is 9.26. The maximum Gasteiger partial charge on any atom is 0.160 e. The Morgan fingerprint density at radius 1 is 0.206 bits per heavy atom. The van der Waals surface area contributed by atoms with Gasteiger partial charge in [-0.1, -0.05) is 170 Å². The van der Waals surface area contributed by atoms with Gasteiger partial charge in [0, 0.05) is 61.0 Å². The van der Waals surface area contributed by atoms with Crippen molar-refractivity contribution in [1.29, 1.82) is 0 Å². The van der Waals surface area contributed by atoms with Gasteiger partial charge < -0.3 is 8.83 Å². The summed E-state index contributed by atoms with van der Waals surface area (Å²) in [5, 5.41) is 4.17. The van der Waals surface area contributed by atoms with E-state index in [1.54, 1.807) is 0 Å². The van der Waals surface area contributed by atoms with Gasteiger partial charge in [0.2, 0.25) is 0 Å². The van der Waals surface area contributed by atoms with Crippen molar-refractivity contribution >= 4 is 43.9 Å². The van der Waals surface area contributed by atoms with Gasteiger partial charge >= 0.3 is 0 Å². The Balaban J connectivity index is 0.827. The average Bonchev–Trinajstić information content (AvgIpc) is 3.97. The molecule has 0 spiro atoms. The van der Waals surface area contributed by atoms with Crippen LogP contribution in [0.25, 0.3) is 134 Å². The van der Waals surface area contributed by atoms with Crippen LogP contribution in [0.3, 0.4) is 0 Å². The van der Waals surface area contributed by atoms with Crippen molar-refractivity contribution in [2.24, 2.45) is 0 Å². The molecule has 4 heterocycles. The van der Waals surface area contributed by atoms with Crippen molar-refractivity contribution in [3.8, 4) is 90.1 Å². The molecule has 0 fully saturated rings. The number of benzene rings is 9. The zero-order valence-corrected chi connectivity index (χ0v) is 36.5. The molecule has 0 unspecified atom stereocenters. The minimum absolute atomic E-state index is 0.671. The first-order chi connectivity index (χ1) is 33.6. The van der Waals surface area contributed by atoms with Gasteiger partial charge in [0.05, 0.1) is 22.8 Å². The van der Waals surface area contributed by atoms with Crippen molar-refractivity contribution in [3.05, 3.63) is 231 Å². The van der Waals surface area contributed by atoms with E-state index in [0.29, 0.717) is 11.6 Å². The minimum atomic E-state index is 0.671. The zero-order chi connectivity index (χ0) is 45.0. The second kappa shape index (κ2) is 16.3. The number of hydrogen-bond acceptors (Lipinski definition) is 6. The molecular formula is C62H38N4O2. The minimum Gasteiger partial charge on any atom is -0.456 e. The van der Waals surface area contributed by atoms with Crippen LogP contribution in [-0.2, 0) is 0 Å². The second-order valence-corrected chi connectivity index (χ2v) is 17.0. The summed E-state index contributed by atoms with van der Waals surface area (Å²) in [6.07, 6.45) is 0. The number of furan rings is 2. The molecule has 6 nitrogen and oxygen atoms in total. The predicted molar refractivity (Wildman–Crippen MR) is 276 cm³/mol. The molecule has 6 heteroatoms. The van der Waals surface area contributed by atoms with Gasteiger partial charge in [-0.05, 0) is 76.9 Å². The quantitative estimate of drug-likeness (QED) is 0.151. The molecule has 68 heavy (non-hydrogen) atoms. The van der Waals surface area contributed by atoms with Crippen LogP contribution in [-0.4, -0.2) is 19.9 Å². The van der Waals surface area contributed by atoms with E-state index in [1.165, 1.54) is 0 Å². The summed E-state index contributed by atoms with van der Waals surface area (Å²) < 4.78 is 13.2. The lowest BCUT2D eigenvalue weighted by Gasteiger charge is -2.10. The Bertz CT molecular complexity index is 3640. The van der Waals surface area contributed by atoms with E-state index in [2.05, 4.69) is 152 Å². The van der Waals surface area contributed by atoms with Crippen molar-refractivity contribution in [3.63, 3.8) is 0 Å². The molecule has 0 aliphatic rings. The molecule has 13 rings (SSSR count). The molecule has 0 saturated heterocycles. The van der Waals surface area contributed by atoms with Gasteiger partial charge in [0.1, 0.15) is 22.3 Å². The van der Waals surface area contributed by atoms with E-state index in [1.807, 2.05) is 78.9 Å². The van der Waals surface area contributed by atoms with Gasteiger partial charge in [0.25, 0.3) is 0 Å². The van der Waals surface area contributed by atoms with Crippen LogP contribution in [0, 0.1) is 0 Å². The van der Waals surface area contributed by atoms with Gasteiger partial charge in [-0.2, -0.15) is 0 Å². The van der Waals surface area contributed by atoms with Gasteiger partial charge in [-0.15, -0.1) is 0 Å². The molecule has 9 aromatic carbocycles. The maximum atomic E-state index is 6.59. The van der Waals surface area contributed by atoms with Crippen LogP contribution >= 0.6 is 0 Å². The van der Waals surface area contributed by atoms with Crippen LogP contribution in [0.1, 0.15) is 0 Å². The van der Waals surface area contributed by atoms with Crippen LogP contribution in [0.5, 0.6) is 0 Å². The molecule has 4 aromatic heterocycles. The number of hydrogen-bond donors (Lipinski definition) is 0. The lowest BCUT2D eigenvalue weighted by atomic mass is 10.00. The molecule has 0 aliphatic carbocycles. The molecule has 318 valence electrons. The van der Waals surface area contributed by atoms with Crippen molar-refractivity contribution in [2.75, 3.05) is 0 Å². The summed E-state index contributed by atoms with van der Waals surface area (Å²) in [5.41, 5.74) is 16.9. The highest BCUT2D eigenvalue weighted by molar-refractivity contribution is 6.15. The predicted octanol–water partition coefficient (Wildman–Crippen LogP) is 16.4. The van der Waals surface area contributed by atoms with E-state index in [9.17, 15) is 0 Å². The number of rotatable bonds is 8. The lowest BCUT2D eigenvalue weighted by Crippen LogP contribution is -1.96. The number of aromatic nitrogens is 4. The fourth-order valence-electron chi connectivity index (χ4n) is 9.26. The van der Waals surface area contributed by atoms with E-state index in [-0.39, 0.29) is 0 Å². The summed E-state index contributed by atoms with van der Waals surface area (Å²) in [6.45, 7) is 0. The van der Waals surface area contributed by atoms with Crippen molar-refractivity contribution in [2.45, 2.75) is 0 Å². The Kier molecular flexibility index (Phi) is 9.39. The first-order valence-electron chi connectivity index (χ1n) is 22.7. The zero-order valence-electron chi connectivity index (χ0n) is 36.5. The molecule has 0 saturated carbocycles. The molecule has 0 atom stereocenters. The first kappa shape index (κ1) is 39.1. The molecular weight excluding hydrogens is 833 g/mol. The number of nitrogens with zero attached hydrogens (tertiary/aromatic N) is 4. The maximum absolute atomic E-state index is 6.59.